The Balaban J connectivity index is 1.52. The van der Waals surface area contributed by atoms with E-state index in [0.29, 0.717) is 19.2 Å². The molecule has 0 bridgehead atoms. The smallest absolute Gasteiger partial charge is 0.410 e. The molecule has 2 aromatic carbocycles. The summed E-state index contributed by atoms with van der Waals surface area (Å²) in [5, 5.41) is 3.39. The zero-order valence-corrected chi connectivity index (χ0v) is 14.7. The predicted octanol–water partition coefficient (Wildman–Crippen LogP) is 3.62. The average Bonchev–Trinajstić information content (AvgIpc) is 2.96. The van der Waals surface area contributed by atoms with Crippen molar-refractivity contribution >= 4 is 6.09 Å². The Hall–Kier alpha value is -2.33. The van der Waals surface area contributed by atoms with E-state index in [9.17, 15) is 4.79 Å². The second-order valence-corrected chi connectivity index (χ2v) is 7.11. The van der Waals surface area contributed by atoms with Gasteiger partial charge in [0.05, 0.1) is 0 Å². The van der Waals surface area contributed by atoms with E-state index in [4.69, 9.17) is 4.74 Å². The largest absolute Gasteiger partial charge is 0.448 e. The van der Waals surface area contributed by atoms with Crippen LogP contribution in [0, 0.1) is 0 Å². The highest BCUT2D eigenvalue weighted by atomic mass is 16.6. The third kappa shape index (κ3) is 2.91. The molecule has 0 saturated carbocycles. The Morgan fingerprint density at radius 2 is 1.68 bits per heavy atom. The molecule has 1 aliphatic heterocycles. The summed E-state index contributed by atoms with van der Waals surface area (Å²) in [4.78, 5) is 14.5. The summed E-state index contributed by atoms with van der Waals surface area (Å²) >= 11 is 0. The van der Waals surface area contributed by atoms with Crippen LogP contribution in [0.2, 0.25) is 0 Å². The van der Waals surface area contributed by atoms with Gasteiger partial charge in [-0.1, -0.05) is 48.5 Å². The first-order valence-electron chi connectivity index (χ1n) is 9.00. The number of hydrogen-bond donors (Lipinski definition) is 1. The lowest BCUT2D eigenvalue weighted by atomic mass is 9.98. The SMILES string of the molecule is C[C@@H]1CN[C@@H](C)CN1C(=O)OCC1c2ccccc2-c2ccccc21. The van der Waals surface area contributed by atoms with Gasteiger partial charge in [-0.3, -0.25) is 0 Å². The molecule has 2 aromatic rings. The van der Waals surface area contributed by atoms with Crippen molar-refractivity contribution in [2.24, 2.45) is 0 Å². The van der Waals surface area contributed by atoms with Gasteiger partial charge >= 0.3 is 6.09 Å². The lowest BCUT2D eigenvalue weighted by Gasteiger charge is -2.36. The summed E-state index contributed by atoms with van der Waals surface area (Å²) in [5.74, 6) is 0.118. The normalized spacial score (nSPS) is 22.4. The predicted molar refractivity (Wildman–Crippen MR) is 98.7 cm³/mol. The Kier molecular flexibility index (Phi) is 4.22. The number of carbonyl (C=O) groups is 1. The quantitative estimate of drug-likeness (QED) is 0.911. The van der Waals surface area contributed by atoms with Crippen LogP contribution in [0.15, 0.2) is 48.5 Å². The Morgan fingerprint density at radius 1 is 1.08 bits per heavy atom. The Morgan fingerprint density at radius 3 is 2.32 bits per heavy atom. The number of hydrogen-bond acceptors (Lipinski definition) is 3. The zero-order valence-electron chi connectivity index (χ0n) is 14.7. The summed E-state index contributed by atoms with van der Waals surface area (Å²) in [6, 6.07) is 17.3. The second kappa shape index (κ2) is 6.52. The molecule has 0 unspecified atom stereocenters. The van der Waals surface area contributed by atoms with Crippen molar-refractivity contribution < 1.29 is 9.53 Å². The van der Waals surface area contributed by atoms with E-state index in [2.05, 4.69) is 67.7 Å². The molecule has 25 heavy (non-hydrogen) atoms. The number of carbonyl (C=O) groups excluding carboxylic acids is 1. The standard InChI is InChI=1S/C21H24N2O2/c1-14-12-23(15(2)11-22-14)21(24)25-13-20-18-9-5-3-7-16(18)17-8-4-6-10-19(17)20/h3-10,14-15,20,22H,11-13H2,1-2H3/t14-,15+/m0/s1. The van der Waals surface area contributed by atoms with E-state index in [1.807, 2.05) is 4.90 Å². The van der Waals surface area contributed by atoms with Crippen LogP contribution in [0.4, 0.5) is 4.79 Å². The van der Waals surface area contributed by atoms with Gasteiger partial charge in [-0.15, -0.1) is 0 Å². The highest BCUT2D eigenvalue weighted by Crippen LogP contribution is 2.44. The maximum atomic E-state index is 12.6. The minimum atomic E-state index is -0.206. The summed E-state index contributed by atoms with van der Waals surface area (Å²) in [5.41, 5.74) is 5.00. The van der Waals surface area contributed by atoms with Crippen LogP contribution in [0.1, 0.15) is 30.9 Å². The summed E-state index contributed by atoms with van der Waals surface area (Å²) in [7, 11) is 0. The average molecular weight is 336 g/mol. The van der Waals surface area contributed by atoms with E-state index in [1.165, 1.54) is 22.3 Å². The maximum Gasteiger partial charge on any atom is 0.410 e. The van der Waals surface area contributed by atoms with Gasteiger partial charge in [0.2, 0.25) is 0 Å². The molecule has 1 aliphatic carbocycles. The van der Waals surface area contributed by atoms with Crippen molar-refractivity contribution in [2.45, 2.75) is 31.8 Å². The number of fused-ring (bicyclic) bond motifs is 3. The van der Waals surface area contributed by atoms with Gasteiger partial charge in [0.15, 0.2) is 0 Å². The first-order valence-corrected chi connectivity index (χ1v) is 9.00. The van der Waals surface area contributed by atoms with Crippen molar-refractivity contribution in [3.63, 3.8) is 0 Å². The molecule has 2 atom stereocenters. The van der Waals surface area contributed by atoms with Crippen molar-refractivity contribution in [3.8, 4) is 11.1 Å². The van der Waals surface area contributed by atoms with E-state index < -0.39 is 0 Å². The number of nitrogens with one attached hydrogen (secondary N) is 1. The zero-order chi connectivity index (χ0) is 17.4. The van der Waals surface area contributed by atoms with Crippen molar-refractivity contribution in [1.29, 1.82) is 0 Å². The summed E-state index contributed by atoms with van der Waals surface area (Å²) in [6.07, 6.45) is -0.206. The minimum absolute atomic E-state index is 0.118. The highest BCUT2D eigenvalue weighted by molar-refractivity contribution is 5.79. The monoisotopic (exact) mass is 336 g/mol. The molecule has 1 fully saturated rings. The van der Waals surface area contributed by atoms with Crippen LogP contribution in [0.3, 0.4) is 0 Å². The Labute approximate surface area is 148 Å². The fraction of sp³-hybridized carbons (Fsp3) is 0.381. The number of ether oxygens (including phenoxy) is 1. The van der Waals surface area contributed by atoms with E-state index in [1.54, 1.807) is 0 Å². The molecule has 1 amide bonds. The molecule has 0 spiro atoms. The summed E-state index contributed by atoms with van der Waals surface area (Å²) < 4.78 is 5.76. The number of rotatable bonds is 2. The lowest BCUT2D eigenvalue weighted by Crippen LogP contribution is -2.56. The number of piperazine rings is 1. The van der Waals surface area contributed by atoms with Crippen molar-refractivity contribution in [2.75, 3.05) is 19.7 Å². The van der Waals surface area contributed by atoms with Crippen LogP contribution in [0.25, 0.3) is 11.1 Å². The fourth-order valence-electron chi connectivity index (χ4n) is 3.95. The molecular formula is C21H24N2O2. The van der Waals surface area contributed by atoms with Crippen molar-refractivity contribution in [3.05, 3.63) is 59.7 Å². The van der Waals surface area contributed by atoms with Gasteiger partial charge < -0.3 is 15.0 Å². The molecule has 2 aliphatic rings. The molecule has 1 heterocycles. The lowest BCUT2D eigenvalue weighted by molar-refractivity contribution is 0.0717. The van der Waals surface area contributed by atoms with Gasteiger partial charge in [0, 0.05) is 31.1 Å². The minimum Gasteiger partial charge on any atom is -0.448 e. The number of benzene rings is 2. The van der Waals surface area contributed by atoms with Gasteiger partial charge in [-0.2, -0.15) is 0 Å². The molecule has 4 heteroatoms. The van der Waals surface area contributed by atoms with Gasteiger partial charge in [0.25, 0.3) is 0 Å². The molecule has 1 N–H and O–H groups in total. The van der Waals surface area contributed by atoms with Crippen LogP contribution in [-0.4, -0.2) is 42.8 Å². The highest BCUT2D eigenvalue weighted by Gasteiger charge is 2.31. The molecule has 4 rings (SSSR count). The van der Waals surface area contributed by atoms with Crippen LogP contribution >= 0.6 is 0 Å². The topological polar surface area (TPSA) is 41.6 Å². The first kappa shape index (κ1) is 16.2. The van der Waals surface area contributed by atoms with Gasteiger partial charge in [-0.25, -0.2) is 4.79 Å². The molecule has 1 saturated heterocycles. The van der Waals surface area contributed by atoms with Gasteiger partial charge in [-0.05, 0) is 36.1 Å². The maximum absolute atomic E-state index is 12.6. The number of nitrogens with zero attached hydrogens (tertiary/aromatic N) is 1. The van der Waals surface area contributed by atoms with Crippen LogP contribution < -0.4 is 5.32 Å². The third-order valence-corrected chi connectivity index (χ3v) is 5.33. The van der Waals surface area contributed by atoms with Crippen molar-refractivity contribution in [1.82, 2.24) is 10.2 Å². The molecule has 4 nitrogen and oxygen atoms in total. The number of amides is 1. The van der Waals surface area contributed by atoms with Crippen LogP contribution in [-0.2, 0) is 4.74 Å². The fourth-order valence-corrected chi connectivity index (χ4v) is 3.95. The second-order valence-electron chi connectivity index (χ2n) is 7.11. The van der Waals surface area contributed by atoms with E-state index in [-0.39, 0.29) is 18.1 Å². The van der Waals surface area contributed by atoms with Gasteiger partial charge in [0.1, 0.15) is 6.61 Å². The Bertz CT molecular complexity index is 743. The first-order chi connectivity index (χ1) is 12.1. The molecule has 0 radical (unpaired) electrons. The molecule has 130 valence electrons. The van der Waals surface area contributed by atoms with Crippen LogP contribution in [0.5, 0.6) is 0 Å². The van der Waals surface area contributed by atoms with E-state index >= 15 is 0 Å². The third-order valence-electron chi connectivity index (χ3n) is 5.33. The summed E-state index contributed by atoms with van der Waals surface area (Å²) in [6.45, 7) is 6.04. The van der Waals surface area contributed by atoms with E-state index in [0.717, 1.165) is 6.54 Å². The molecular weight excluding hydrogens is 312 g/mol. The molecule has 0 aromatic heterocycles.